The van der Waals surface area contributed by atoms with Crippen LogP contribution in [0.2, 0.25) is 0 Å². The summed E-state index contributed by atoms with van der Waals surface area (Å²) in [4.78, 5) is 16.0. The van der Waals surface area contributed by atoms with E-state index in [0.29, 0.717) is 18.3 Å². The van der Waals surface area contributed by atoms with E-state index in [1.807, 2.05) is 18.7 Å². The lowest BCUT2D eigenvalue weighted by Crippen LogP contribution is -2.27. The highest BCUT2D eigenvalue weighted by atomic mass is 32.2. The number of nitrogens with one attached hydrogen (secondary N) is 1. The lowest BCUT2D eigenvalue weighted by Gasteiger charge is -2.21. The van der Waals surface area contributed by atoms with E-state index in [9.17, 15) is 4.79 Å². The molecular formula is C12H19N3OS. The second-order valence-electron chi connectivity index (χ2n) is 4.30. The molecule has 1 aliphatic rings. The third kappa shape index (κ3) is 3.25. The van der Waals surface area contributed by atoms with E-state index in [-0.39, 0.29) is 5.56 Å². The molecule has 0 atom stereocenters. The smallest absolute Gasteiger partial charge is 0.293 e. The van der Waals surface area contributed by atoms with Crippen LogP contribution in [0, 0.1) is 5.92 Å². The molecule has 5 heteroatoms. The van der Waals surface area contributed by atoms with Crippen LogP contribution in [0.5, 0.6) is 0 Å². The lowest BCUT2D eigenvalue weighted by molar-refractivity contribution is 0.514. The van der Waals surface area contributed by atoms with E-state index in [0.717, 1.165) is 6.54 Å². The molecule has 1 aromatic heterocycles. The molecule has 0 bridgehead atoms. The van der Waals surface area contributed by atoms with Gasteiger partial charge in [0.2, 0.25) is 0 Å². The monoisotopic (exact) mass is 253 g/mol. The fourth-order valence-electron chi connectivity index (χ4n) is 2.01. The summed E-state index contributed by atoms with van der Waals surface area (Å²) in [5.74, 6) is 3.67. The molecule has 0 amide bonds. The maximum atomic E-state index is 11.9. The Hall–Kier alpha value is -0.970. The minimum atomic E-state index is -0.0137. The standard InChI is InChI=1S/C12H19N3OS/c1-2-15-6-5-13-11(12(15)16)14-9-10-3-7-17-8-4-10/h5-6,10H,2-4,7-9H2,1H3,(H,13,14). The molecule has 94 valence electrons. The zero-order valence-corrected chi connectivity index (χ0v) is 11.0. The molecule has 0 aliphatic carbocycles. The quantitative estimate of drug-likeness (QED) is 0.889. The first-order chi connectivity index (χ1) is 8.31. The van der Waals surface area contributed by atoms with Gasteiger partial charge in [-0.15, -0.1) is 0 Å². The van der Waals surface area contributed by atoms with Gasteiger partial charge in [0.05, 0.1) is 0 Å². The Kier molecular flexibility index (Phi) is 4.48. The second kappa shape index (κ2) is 6.10. The van der Waals surface area contributed by atoms with Gasteiger partial charge in [-0.1, -0.05) is 0 Å². The van der Waals surface area contributed by atoms with Crippen molar-refractivity contribution in [2.24, 2.45) is 5.92 Å². The number of rotatable bonds is 4. The van der Waals surface area contributed by atoms with Crippen LogP contribution >= 0.6 is 11.8 Å². The summed E-state index contributed by atoms with van der Waals surface area (Å²) in [7, 11) is 0. The lowest BCUT2D eigenvalue weighted by atomic mass is 10.0. The molecule has 0 spiro atoms. The molecule has 0 saturated carbocycles. The van der Waals surface area contributed by atoms with Gasteiger partial charge in [0, 0.05) is 25.5 Å². The topological polar surface area (TPSA) is 46.9 Å². The molecule has 0 aromatic carbocycles. The average molecular weight is 253 g/mol. The maximum Gasteiger partial charge on any atom is 0.293 e. The van der Waals surface area contributed by atoms with Gasteiger partial charge in [0.1, 0.15) is 0 Å². The maximum absolute atomic E-state index is 11.9. The van der Waals surface area contributed by atoms with Gasteiger partial charge in [-0.2, -0.15) is 11.8 Å². The number of aromatic nitrogens is 2. The summed E-state index contributed by atoms with van der Waals surface area (Å²) < 4.78 is 1.67. The number of hydrogen-bond donors (Lipinski definition) is 1. The number of anilines is 1. The average Bonchev–Trinajstić information content (AvgIpc) is 2.39. The van der Waals surface area contributed by atoms with E-state index in [2.05, 4.69) is 10.3 Å². The predicted octanol–water partition coefficient (Wildman–Crippen LogP) is 1.82. The molecule has 1 aromatic rings. The fraction of sp³-hybridized carbons (Fsp3) is 0.667. The van der Waals surface area contributed by atoms with Crippen molar-refractivity contribution in [2.45, 2.75) is 26.3 Å². The SMILES string of the molecule is CCn1ccnc(NCC2CCSCC2)c1=O. The summed E-state index contributed by atoms with van der Waals surface area (Å²) in [6, 6.07) is 0. The number of thioether (sulfide) groups is 1. The van der Waals surface area contributed by atoms with Gasteiger partial charge in [-0.25, -0.2) is 4.98 Å². The van der Waals surface area contributed by atoms with E-state index < -0.39 is 0 Å². The molecule has 1 N–H and O–H groups in total. The van der Waals surface area contributed by atoms with Gasteiger partial charge in [-0.05, 0) is 37.2 Å². The Morgan fingerprint density at radius 3 is 3.00 bits per heavy atom. The Morgan fingerprint density at radius 1 is 1.53 bits per heavy atom. The molecule has 0 radical (unpaired) electrons. The molecule has 4 nitrogen and oxygen atoms in total. The Balaban J connectivity index is 1.96. The zero-order chi connectivity index (χ0) is 12.1. The van der Waals surface area contributed by atoms with Crippen LogP contribution in [0.25, 0.3) is 0 Å². The number of aryl methyl sites for hydroxylation is 1. The van der Waals surface area contributed by atoms with Crippen LogP contribution in [0.4, 0.5) is 5.82 Å². The first-order valence-corrected chi connectivity index (χ1v) is 7.33. The molecule has 1 aliphatic heterocycles. The van der Waals surface area contributed by atoms with Crippen molar-refractivity contribution >= 4 is 17.6 Å². The van der Waals surface area contributed by atoms with Gasteiger partial charge < -0.3 is 9.88 Å². The third-order valence-electron chi connectivity index (χ3n) is 3.15. The Bertz CT molecular complexity index is 412. The summed E-state index contributed by atoms with van der Waals surface area (Å²) in [6.07, 6.45) is 5.90. The van der Waals surface area contributed by atoms with Crippen LogP contribution in [-0.2, 0) is 6.54 Å². The molecular weight excluding hydrogens is 234 g/mol. The Morgan fingerprint density at radius 2 is 2.29 bits per heavy atom. The van der Waals surface area contributed by atoms with Crippen molar-refractivity contribution < 1.29 is 0 Å². The number of hydrogen-bond acceptors (Lipinski definition) is 4. The third-order valence-corrected chi connectivity index (χ3v) is 4.20. The number of nitrogens with zero attached hydrogens (tertiary/aromatic N) is 2. The largest absolute Gasteiger partial charge is 0.365 e. The van der Waals surface area contributed by atoms with Gasteiger partial charge in [0.25, 0.3) is 5.56 Å². The van der Waals surface area contributed by atoms with Crippen LogP contribution in [0.1, 0.15) is 19.8 Å². The normalized spacial score (nSPS) is 17.0. The first-order valence-electron chi connectivity index (χ1n) is 6.18. The van der Waals surface area contributed by atoms with Crippen molar-refractivity contribution in [3.63, 3.8) is 0 Å². The first kappa shape index (κ1) is 12.5. The second-order valence-corrected chi connectivity index (χ2v) is 5.53. The molecule has 2 rings (SSSR count). The predicted molar refractivity (Wildman–Crippen MR) is 72.7 cm³/mol. The van der Waals surface area contributed by atoms with Gasteiger partial charge >= 0.3 is 0 Å². The van der Waals surface area contributed by atoms with Crippen LogP contribution in [0.15, 0.2) is 17.2 Å². The van der Waals surface area contributed by atoms with Crippen molar-refractivity contribution in [1.82, 2.24) is 9.55 Å². The molecule has 0 unspecified atom stereocenters. The summed E-state index contributed by atoms with van der Waals surface area (Å²) >= 11 is 2.02. The minimum absolute atomic E-state index is 0.0137. The van der Waals surface area contributed by atoms with Crippen molar-refractivity contribution in [3.05, 3.63) is 22.7 Å². The van der Waals surface area contributed by atoms with Gasteiger partial charge in [-0.3, -0.25) is 4.79 Å². The molecule has 17 heavy (non-hydrogen) atoms. The minimum Gasteiger partial charge on any atom is -0.365 e. The van der Waals surface area contributed by atoms with Crippen LogP contribution < -0.4 is 10.9 Å². The van der Waals surface area contributed by atoms with Crippen molar-refractivity contribution in [3.8, 4) is 0 Å². The van der Waals surface area contributed by atoms with E-state index in [1.54, 1.807) is 17.0 Å². The fourth-order valence-corrected chi connectivity index (χ4v) is 3.21. The molecule has 1 fully saturated rings. The van der Waals surface area contributed by atoms with Crippen LogP contribution in [-0.4, -0.2) is 27.6 Å². The van der Waals surface area contributed by atoms with Crippen molar-refractivity contribution in [2.75, 3.05) is 23.4 Å². The summed E-state index contributed by atoms with van der Waals surface area (Å²) in [5, 5.41) is 3.20. The van der Waals surface area contributed by atoms with Gasteiger partial charge in [0.15, 0.2) is 5.82 Å². The van der Waals surface area contributed by atoms with E-state index in [1.165, 1.54) is 24.3 Å². The summed E-state index contributed by atoms with van der Waals surface area (Å²) in [6.45, 7) is 3.52. The summed E-state index contributed by atoms with van der Waals surface area (Å²) in [5.41, 5.74) is -0.0137. The van der Waals surface area contributed by atoms with E-state index >= 15 is 0 Å². The Labute approximate surface area is 106 Å². The van der Waals surface area contributed by atoms with Crippen LogP contribution in [0.3, 0.4) is 0 Å². The zero-order valence-electron chi connectivity index (χ0n) is 10.2. The van der Waals surface area contributed by atoms with E-state index in [4.69, 9.17) is 0 Å². The highest BCUT2D eigenvalue weighted by Crippen LogP contribution is 2.22. The highest BCUT2D eigenvalue weighted by molar-refractivity contribution is 7.99. The highest BCUT2D eigenvalue weighted by Gasteiger charge is 2.14. The van der Waals surface area contributed by atoms with Crippen molar-refractivity contribution in [1.29, 1.82) is 0 Å². The molecule has 2 heterocycles. The molecule has 1 saturated heterocycles.